The highest BCUT2D eigenvalue weighted by Crippen LogP contribution is 2.34. The number of hydrogen-bond acceptors (Lipinski definition) is 6. The molecule has 2 heterocycles. The lowest BCUT2D eigenvalue weighted by molar-refractivity contribution is 0.557. The van der Waals surface area contributed by atoms with Gasteiger partial charge in [0.2, 0.25) is 5.89 Å². The Kier molecular flexibility index (Phi) is 5.15. The van der Waals surface area contributed by atoms with Crippen molar-refractivity contribution in [2.45, 2.75) is 12.8 Å². The number of hydrogen-bond donors (Lipinski definition) is 2. The highest BCUT2D eigenvalue weighted by molar-refractivity contribution is 6.37. The molecule has 144 valence electrons. The number of nitrogens with zero attached hydrogens (tertiary/aromatic N) is 3. The van der Waals surface area contributed by atoms with Gasteiger partial charge in [0.1, 0.15) is 0 Å². The number of nitrogens with two attached hydrogens (primary N) is 1. The Hall–Kier alpha value is -2.70. The minimum Gasteiger partial charge on any atom is -0.403 e. The fourth-order valence-electron chi connectivity index (χ4n) is 3.18. The first-order valence-electron chi connectivity index (χ1n) is 8.91. The number of anilines is 3. The predicted octanol–water partition coefficient (Wildman–Crippen LogP) is 5.31. The molecule has 1 aliphatic rings. The van der Waals surface area contributed by atoms with Crippen molar-refractivity contribution in [3.63, 3.8) is 0 Å². The molecule has 2 aromatic carbocycles. The Morgan fingerprint density at radius 3 is 2.54 bits per heavy atom. The topological polar surface area (TPSA) is 80.2 Å². The van der Waals surface area contributed by atoms with Crippen molar-refractivity contribution in [3.8, 4) is 11.5 Å². The molecule has 6 nitrogen and oxygen atoms in total. The van der Waals surface area contributed by atoms with Crippen molar-refractivity contribution in [3.05, 3.63) is 58.6 Å². The van der Waals surface area contributed by atoms with E-state index in [4.69, 9.17) is 33.4 Å². The molecule has 0 radical (unpaired) electrons. The summed E-state index contributed by atoms with van der Waals surface area (Å²) in [6.07, 6.45) is 2.28. The molecule has 0 unspecified atom stereocenters. The van der Waals surface area contributed by atoms with Crippen molar-refractivity contribution < 1.29 is 4.42 Å². The summed E-state index contributed by atoms with van der Waals surface area (Å²) in [5, 5.41) is 12.5. The first-order chi connectivity index (χ1) is 13.5. The zero-order chi connectivity index (χ0) is 19.7. The van der Waals surface area contributed by atoms with E-state index in [2.05, 4.69) is 27.0 Å². The van der Waals surface area contributed by atoms with Crippen LogP contribution in [0.2, 0.25) is 10.0 Å². The lowest BCUT2D eigenvalue weighted by Crippen LogP contribution is -2.17. The maximum Gasteiger partial charge on any atom is 0.318 e. The van der Waals surface area contributed by atoms with Gasteiger partial charge in [-0.1, -0.05) is 40.9 Å². The summed E-state index contributed by atoms with van der Waals surface area (Å²) >= 11 is 12.5. The first kappa shape index (κ1) is 18.7. The van der Waals surface area contributed by atoms with E-state index in [1.807, 2.05) is 12.1 Å². The molecule has 0 bridgehead atoms. The Bertz CT molecular complexity index is 1010. The molecule has 3 N–H and O–H groups in total. The van der Waals surface area contributed by atoms with Crippen LogP contribution in [-0.2, 0) is 0 Å². The lowest BCUT2D eigenvalue weighted by atomic mass is 10.1. The maximum absolute atomic E-state index is 6.27. The molecule has 0 saturated carbocycles. The SMILES string of the molecule is C=C(Nc1cc(-c2nnc(N3CCCC3)o2)ccc1N)c1c(Cl)cccc1Cl. The molecule has 28 heavy (non-hydrogen) atoms. The van der Waals surface area contributed by atoms with Gasteiger partial charge < -0.3 is 20.4 Å². The van der Waals surface area contributed by atoms with Crippen LogP contribution < -0.4 is 16.0 Å². The third-order valence-electron chi connectivity index (χ3n) is 4.64. The highest BCUT2D eigenvalue weighted by Gasteiger charge is 2.19. The van der Waals surface area contributed by atoms with Crippen molar-refractivity contribution in [2.24, 2.45) is 0 Å². The van der Waals surface area contributed by atoms with Gasteiger partial charge in [-0.05, 0) is 43.2 Å². The van der Waals surface area contributed by atoms with E-state index in [0.29, 0.717) is 44.6 Å². The second-order valence-electron chi connectivity index (χ2n) is 6.59. The summed E-state index contributed by atoms with van der Waals surface area (Å²) in [5.74, 6) is 0.436. The van der Waals surface area contributed by atoms with Gasteiger partial charge in [0.15, 0.2) is 0 Å². The van der Waals surface area contributed by atoms with Gasteiger partial charge in [-0.3, -0.25) is 0 Å². The normalized spacial score (nSPS) is 13.7. The number of halogens is 2. The summed E-state index contributed by atoms with van der Waals surface area (Å²) in [4.78, 5) is 2.09. The zero-order valence-electron chi connectivity index (χ0n) is 15.1. The molecule has 1 aromatic heterocycles. The fourth-order valence-corrected chi connectivity index (χ4v) is 3.80. The third-order valence-corrected chi connectivity index (χ3v) is 5.27. The van der Waals surface area contributed by atoms with Crippen LogP contribution >= 0.6 is 23.2 Å². The third kappa shape index (κ3) is 3.66. The summed E-state index contributed by atoms with van der Waals surface area (Å²) in [7, 11) is 0. The molecule has 3 aromatic rings. The van der Waals surface area contributed by atoms with E-state index in [9.17, 15) is 0 Å². The minimum atomic E-state index is 0.436. The van der Waals surface area contributed by atoms with Gasteiger partial charge in [0, 0.05) is 29.9 Å². The van der Waals surface area contributed by atoms with Crippen LogP contribution in [0.3, 0.4) is 0 Å². The van der Waals surface area contributed by atoms with Crippen LogP contribution in [0.5, 0.6) is 0 Å². The van der Waals surface area contributed by atoms with Crippen LogP contribution in [0, 0.1) is 0 Å². The smallest absolute Gasteiger partial charge is 0.318 e. The maximum atomic E-state index is 6.27. The monoisotopic (exact) mass is 415 g/mol. The van der Waals surface area contributed by atoms with Crippen LogP contribution in [0.15, 0.2) is 47.4 Å². The van der Waals surface area contributed by atoms with Gasteiger partial charge in [0.05, 0.1) is 21.4 Å². The molecule has 1 aliphatic heterocycles. The van der Waals surface area contributed by atoms with Crippen LogP contribution in [-0.4, -0.2) is 23.3 Å². The average Bonchev–Trinajstić information content (AvgIpc) is 3.35. The number of benzene rings is 2. The lowest BCUT2D eigenvalue weighted by Gasteiger charge is -2.15. The molecule has 1 saturated heterocycles. The van der Waals surface area contributed by atoms with E-state index >= 15 is 0 Å². The van der Waals surface area contributed by atoms with E-state index in [1.54, 1.807) is 24.3 Å². The molecule has 0 aliphatic carbocycles. The Morgan fingerprint density at radius 1 is 1.11 bits per heavy atom. The van der Waals surface area contributed by atoms with E-state index in [0.717, 1.165) is 31.5 Å². The molecular formula is C20H19Cl2N5O. The minimum absolute atomic E-state index is 0.436. The molecular weight excluding hydrogens is 397 g/mol. The van der Waals surface area contributed by atoms with Crippen molar-refractivity contribution in [1.82, 2.24) is 10.2 Å². The quantitative estimate of drug-likeness (QED) is 0.549. The number of aromatic nitrogens is 2. The van der Waals surface area contributed by atoms with Gasteiger partial charge in [-0.2, -0.15) is 0 Å². The van der Waals surface area contributed by atoms with Gasteiger partial charge in [-0.25, -0.2) is 0 Å². The van der Waals surface area contributed by atoms with Gasteiger partial charge >= 0.3 is 6.01 Å². The van der Waals surface area contributed by atoms with Crippen molar-refractivity contribution in [1.29, 1.82) is 0 Å². The number of rotatable bonds is 5. The molecule has 0 atom stereocenters. The van der Waals surface area contributed by atoms with Gasteiger partial charge in [0.25, 0.3) is 0 Å². The van der Waals surface area contributed by atoms with Crippen LogP contribution in [0.4, 0.5) is 17.4 Å². The fraction of sp³-hybridized carbons (Fsp3) is 0.200. The number of nitrogens with one attached hydrogen (secondary N) is 1. The van der Waals surface area contributed by atoms with Crippen molar-refractivity contribution >= 4 is 46.3 Å². The standard InChI is InChI=1S/C20H19Cl2N5O/c1-12(18-14(21)5-4-6-15(18)22)24-17-11-13(7-8-16(17)23)19-25-26-20(28-19)27-9-2-3-10-27/h4-8,11,24H,1-3,9-10,23H2. The zero-order valence-corrected chi connectivity index (χ0v) is 16.6. The summed E-state index contributed by atoms with van der Waals surface area (Å²) in [5.41, 5.74) is 9.26. The Labute approximate surface area is 172 Å². The summed E-state index contributed by atoms with van der Waals surface area (Å²) in [6.45, 7) is 5.93. The average molecular weight is 416 g/mol. The van der Waals surface area contributed by atoms with Crippen LogP contribution in [0.1, 0.15) is 18.4 Å². The van der Waals surface area contributed by atoms with Crippen molar-refractivity contribution in [2.75, 3.05) is 29.0 Å². The van der Waals surface area contributed by atoms with E-state index in [1.165, 1.54) is 0 Å². The second kappa shape index (κ2) is 7.73. The molecule has 4 rings (SSSR count). The number of nitrogen functional groups attached to an aromatic ring is 1. The van der Waals surface area contributed by atoms with Gasteiger partial charge in [-0.15, -0.1) is 5.10 Å². The molecule has 0 spiro atoms. The predicted molar refractivity (Wildman–Crippen MR) is 115 cm³/mol. The molecule has 0 amide bonds. The Morgan fingerprint density at radius 2 is 1.82 bits per heavy atom. The van der Waals surface area contributed by atoms with E-state index in [-0.39, 0.29) is 0 Å². The second-order valence-corrected chi connectivity index (χ2v) is 7.40. The highest BCUT2D eigenvalue weighted by atomic mass is 35.5. The summed E-state index contributed by atoms with van der Waals surface area (Å²) in [6, 6.07) is 11.3. The first-order valence-corrected chi connectivity index (χ1v) is 9.67. The largest absolute Gasteiger partial charge is 0.403 e. The Balaban J connectivity index is 1.60. The molecule has 1 fully saturated rings. The van der Waals surface area contributed by atoms with Crippen LogP contribution in [0.25, 0.3) is 17.2 Å². The van der Waals surface area contributed by atoms with E-state index < -0.39 is 0 Å². The summed E-state index contributed by atoms with van der Waals surface area (Å²) < 4.78 is 5.85. The molecule has 8 heteroatoms.